The van der Waals surface area contributed by atoms with Crippen molar-refractivity contribution in [1.29, 1.82) is 0 Å². The van der Waals surface area contributed by atoms with E-state index in [-0.39, 0.29) is 11.7 Å². The second-order valence-electron chi connectivity index (χ2n) is 6.48. The molecular weight excluding hydrogens is 349 g/mol. The SMILES string of the molecule is O=C(Nc1ccc(N2CCOCC2)cc1)[C@@H]1CC(c2cccc(F)c2)=NO1. The number of halogens is 1. The second-order valence-corrected chi connectivity index (χ2v) is 6.48. The van der Waals surface area contributed by atoms with Gasteiger partial charge in [-0.1, -0.05) is 17.3 Å². The predicted molar refractivity (Wildman–Crippen MR) is 101 cm³/mol. The van der Waals surface area contributed by atoms with Gasteiger partial charge in [-0.05, 0) is 36.4 Å². The van der Waals surface area contributed by atoms with Gasteiger partial charge in [-0.2, -0.15) is 0 Å². The van der Waals surface area contributed by atoms with Gasteiger partial charge < -0.3 is 19.8 Å². The number of rotatable bonds is 4. The first-order chi connectivity index (χ1) is 13.2. The van der Waals surface area contributed by atoms with Gasteiger partial charge in [0.1, 0.15) is 5.82 Å². The number of nitrogens with one attached hydrogen (secondary N) is 1. The van der Waals surface area contributed by atoms with Crippen LogP contribution in [0.1, 0.15) is 12.0 Å². The monoisotopic (exact) mass is 369 g/mol. The van der Waals surface area contributed by atoms with Crippen LogP contribution in [-0.2, 0) is 14.4 Å². The van der Waals surface area contributed by atoms with Crippen LogP contribution in [0.25, 0.3) is 0 Å². The summed E-state index contributed by atoms with van der Waals surface area (Å²) in [4.78, 5) is 19.9. The number of amides is 1. The standard InChI is InChI=1S/C20H20FN3O3/c21-15-3-1-2-14(12-15)18-13-19(27-23-18)20(25)22-16-4-6-17(7-5-16)24-8-10-26-11-9-24/h1-7,12,19H,8-11,13H2,(H,22,25)/t19-/m0/s1. The summed E-state index contributed by atoms with van der Waals surface area (Å²) in [5.41, 5.74) is 2.99. The average Bonchev–Trinajstić information content (AvgIpc) is 3.20. The number of oxime groups is 1. The van der Waals surface area contributed by atoms with Crippen molar-refractivity contribution < 1.29 is 18.8 Å². The molecule has 2 aromatic carbocycles. The van der Waals surface area contributed by atoms with Crippen LogP contribution in [0.3, 0.4) is 0 Å². The van der Waals surface area contributed by atoms with Crippen LogP contribution in [0, 0.1) is 5.82 Å². The van der Waals surface area contributed by atoms with Gasteiger partial charge in [-0.25, -0.2) is 4.39 Å². The third-order valence-electron chi connectivity index (χ3n) is 4.63. The molecule has 4 rings (SSSR count). The van der Waals surface area contributed by atoms with E-state index in [2.05, 4.69) is 15.4 Å². The Morgan fingerprint density at radius 3 is 2.67 bits per heavy atom. The van der Waals surface area contributed by atoms with Crippen LogP contribution >= 0.6 is 0 Å². The summed E-state index contributed by atoms with van der Waals surface area (Å²) in [5, 5.41) is 6.78. The van der Waals surface area contributed by atoms with Crippen LogP contribution in [0.15, 0.2) is 53.7 Å². The maximum Gasteiger partial charge on any atom is 0.268 e. The highest BCUT2D eigenvalue weighted by Gasteiger charge is 2.29. The number of morpholine rings is 1. The predicted octanol–water partition coefficient (Wildman–Crippen LogP) is 2.79. The molecule has 2 aliphatic rings. The fourth-order valence-corrected chi connectivity index (χ4v) is 3.16. The van der Waals surface area contributed by atoms with Crippen LogP contribution < -0.4 is 10.2 Å². The van der Waals surface area contributed by atoms with Gasteiger partial charge in [0.05, 0.1) is 18.9 Å². The zero-order valence-electron chi connectivity index (χ0n) is 14.7. The molecule has 2 heterocycles. The summed E-state index contributed by atoms with van der Waals surface area (Å²) in [6.07, 6.45) is -0.414. The summed E-state index contributed by atoms with van der Waals surface area (Å²) in [6.45, 7) is 3.18. The molecule has 1 N–H and O–H groups in total. The zero-order chi connectivity index (χ0) is 18.6. The highest BCUT2D eigenvalue weighted by Crippen LogP contribution is 2.21. The molecule has 7 heteroatoms. The average molecular weight is 369 g/mol. The van der Waals surface area contributed by atoms with E-state index in [4.69, 9.17) is 9.57 Å². The Bertz CT molecular complexity index is 848. The first-order valence-electron chi connectivity index (χ1n) is 8.91. The summed E-state index contributed by atoms with van der Waals surface area (Å²) in [5.74, 6) is -0.618. The first kappa shape index (κ1) is 17.5. The van der Waals surface area contributed by atoms with Gasteiger partial charge in [-0.3, -0.25) is 4.79 Å². The maximum absolute atomic E-state index is 13.3. The van der Waals surface area contributed by atoms with Crippen molar-refractivity contribution in [3.63, 3.8) is 0 Å². The van der Waals surface area contributed by atoms with Crippen molar-refractivity contribution in [3.05, 3.63) is 59.9 Å². The van der Waals surface area contributed by atoms with Crippen molar-refractivity contribution in [3.8, 4) is 0 Å². The molecule has 2 aliphatic heterocycles. The largest absolute Gasteiger partial charge is 0.382 e. The van der Waals surface area contributed by atoms with Crippen LogP contribution in [0.4, 0.5) is 15.8 Å². The lowest BCUT2D eigenvalue weighted by Gasteiger charge is -2.28. The van der Waals surface area contributed by atoms with E-state index in [9.17, 15) is 9.18 Å². The first-order valence-corrected chi connectivity index (χ1v) is 8.91. The van der Waals surface area contributed by atoms with E-state index in [1.165, 1.54) is 12.1 Å². The van der Waals surface area contributed by atoms with Crippen molar-refractivity contribution >= 4 is 23.0 Å². The van der Waals surface area contributed by atoms with Crippen LogP contribution in [-0.4, -0.2) is 44.0 Å². The fourth-order valence-electron chi connectivity index (χ4n) is 3.16. The van der Waals surface area contributed by atoms with Gasteiger partial charge in [0.2, 0.25) is 6.10 Å². The third kappa shape index (κ3) is 4.09. The number of benzene rings is 2. The van der Waals surface area contributed by atoms with Crippen molar-refractivity contribution in [1.82, 2.24) is 0 Å². The Labute approximate surface area is 156 Å². The van der Waals surface area contributed by atoms with Crippen molar-refractivity contribution in [2.75, 3.05) is 36.5 Å². The van der Waals surface area contributed by atoms with Gasteiger partial charge >= 0.3 is 0 Å². The Morgan fingerprint density at radius 2 is 1.93 bits per heavy atom. The minimum atomic E-state index is -0.720. The van der Waals surface area contributed by atoms with Gasteiger partial charge in [0.25, 0.3) is 5.91 Å². The van der Waals surface area contributed by atoms with Crippen molar-refractivity contribution in [2.45, 2.75) is 12.5 Å². The number of carbonyl (C=O) groups is 1. The fraction of sp³-hybridized carbons (Fsp3) is 0.300. The van der Waals surface area contributed by atoms with Gasteiger partial charge in [-0.15, -0.1) is 0 Å². The van der Waals surface area contributed by atoms with E-state index in [1.54, 1.807) is 12.1 Å². The van der Waals surface area contributed by atoms with Crippen LogP contribution in [0.5, 0.6) is 0 Å². The normalized spacial score (nSPS) is 19.4. The zero-order valence-corrected chi connectivity index (χ0v) is 14.7. The molecule has 0 saturated carbocycles. The molecule has 27 heavy (non-hydrogen) atoms. The number of ether oxygens (including phenoxy) is 1. The van der Waals surface area contributed by atoms with Crippen molar-refractivity contribution in [2.24, 2.45) is 5.16 Å². The molecule has 2 aromatic rings. The summed E-state index contributed by atoms with van der Waals surface area (Å²) in [7, 11) is 0. The number of anilines is 2. The molecule has 0 unspecified atom stereocenters. The van der Waals surface area contributed by atoms with E-state index in [0.717, 1.165) is 32.0 Å². The minimum Gasteiger partial charge on any atom is -0.382 e. The number of hydrogen-bond acceptors (Lipinski definition) is 5. The lowest BCUT2D eigenvalue weighted by molar-refractivity contribution is -0.125. The summed E-state index contributed by atoms with van der Waals surface area (Å²) >= 11 is 0. The molecule has 1 amide bonds. The number of nitrogens with zero attached hydrogens (tertiary/aromatic N) is 2. The molecule has 6 nitrogen and oxygen atoms in total. The molecule has 0 bridgehead atoms. The van der Waals surface area contributed by atoms with Crippen LogP contribution in [0.2, 0.25) is 0 Å². The highest BCUT2D eigenvalue weighted by atomic mass is 19.1. The molecule has 0 spiro atoms. The van der Waals surface area contributed by atoms with E-state index in [1.807, 2.05) is 24.3 Å². The highest BCUT2D eigenvalue weighted by molar-refractivity contribution is 6.06. The Morgan fingerprint density at radius 1 is 1.15 bits per heavy atom. The molecule has 140 valence electrons. The van der Waals surface area contributed by atoms with Gasteiger partial charge in [0.15, 0.2) is 0 Å². The maximum atomic E-state index is 13.3. The third-order valence-corrected chi connectivity index (χ3v) is 4.63. The number of carbonyl (C=O) groups excluding carboxylic acids is 1. The smallest absolute Gasteiger partial charge is 0.268 e. The molecule has 1 fully saturated rings. The Kier molecular flexibility index (Phi) is 5.02. The number of hydrogen-bond donors (Lipinski definition) is 1. The molecule has 0 radical (unpaired) electrons. The van der Waals surface area contributed by atoms with Gasteiger partial charge in [0, 0.05) is 36.4 Å². The Balaban J connectivity index is 1.34. The molecule has 0 aliphatic carbocycles. The molecule has 0 aromatic heterocycles. The molecule has 1 saturated heterocycles. The topological polar surface area (TPSA) is 63.2 Å². The lowest BCUT2D eigenvalue weighted by Crippen LogP contribution is -2.36. The molecule has 1 atom stereocenters. The quantitative estimate of drug-likeness (QED) is 0.900. The summed E-state index contributed by atoms with van der Waals surface area (Å²) in [6, 6.07) is 13.8. The molecular formula is C20H20FN3O3. The summed E-state index contributed by atoms with van der Waals surface area (Å²) < 4.78 is 18.7. The Hall–Kier alpha value is -2.93. The lowest BCUT2D eigenvalue weighted by atomic mass is 10.0. The van der Waals surface area contributed by atoms with E-state index in [0.29, 0.717) is 23.4 Å². The minimum absolute atomic E-state index is 0.274. The second kappa shape index (κ2) is 7.75. The van der Waals surface area contributed by atoms with E-state index < -0.39 is 6.10 Å². The van der Waals surface area contributed by atoms with E-state index >= 15 is 0 Å².